The molecule has 0 aliphatic carbocycles. The average Bonchev–Trinajstić information content (AvgIpc) is 2.45. The minimum absolute atomic E-state index is 0.0986. The van der Waals surface area contributed by atoms with Gasteiger partial charge >= 0.3 is 6.18 Å². The Balaban J connectivity index is 2.09. The molecule has 0 aromatic carbocycles. The minimum Gasteiger partial charge on any atom is -0.350 e. The Labute approximate surface area is 140 Å². The molecule has 9 heteroatoms. The highest BCUT2D eigenvalue weighted by molar-refractivity contribution is 5.37. The predicted molar refractivity (Wildman–Crippen MR) is 87.4 cm³/mol. The van der Waals surface area contributed by atoms with E-state index in [1.165, 1.54) is 4.90 Å². The van der Waals surface area contributed by atoms with Gasteiger partial charge in [-0.1, -0.05) is 13.8 Å². The maximum Gasteiger partial charge on any atom is 0.401 e. The van der Waals surface area contributed by atoms with Crippen molar-refractivity contribution in [2.75, 3.05) is 43.9 Å². The molecule has 24 heavy (non-hydrogen) atoms. The number of aromatic nitrogens is 3. The van der Waals surface area contributed by atoms with Gasteiger partial charge in [0.2, 0.25) is 11.9 Å². The standard InChI is InChI=1S/C15H25F3N6/c1-10(2)12-20-13(22-14(21-12)23(3)4)19-11-6-5-7-24(8-11)9-15(16,17)18/h10-11H,5-9H2,1-4H3,(H,19,20,21,22)/t11-/m0/s1. The molecule has 6 nitrogen and oxygen atoms in total. The molecule has 0 saturated carbocycles. The number of anilines is 2. The number of nitrogens with one attached hydrogen (secondary N) is 1. The molecule has 2 heterocycles. The zero-order valence-corrected chi connectivity index (χ0v) is 14.6. The zero-order chi connectivity index (χ0) is 17.9. The molecule has 1 N–H and O–H groups in total. The first-order valence-corrected chi connectivity index (χ1v) is 8.13. The van der Waals surface area contributed by atoms with Gasteiger partial charge in [0.1, 0.15) is 5.82 Å². The van der Waals surface area contributed by atoms with Crippen molar-refractivity contribution in [3.63, 3.8) is 0 Å². The number of piperidine rings is 1. The molecule has 0 radical (unpaired) electrons. The Morgan fingerprint density at radius 3 is 2.54 bits per heavy atom. The first kappa shape index (κ1) is 18.7. The van der Waals surface area contributed by atoms with E-state index in [1.54, 1.807) is 4.90 Å². The number of hydrogen-bond acceptors (Lipinski definition) is 6. The fourth-order valence-corrected chi connectivity index (χ4v) is 2.66. The van der Waals surface area contributed by atoms with Gasteiger partial charge < -0.3 is 10.2 Å². The third kappa shape index (κ3) is 5.47. The van der Waals surface area contributed by atoms with Gasteiger partial charge in [0.05, 0.1) is 6.54 Å². The number of halogens is 3. The monoisotopic (exact) mass is 346 g/mol. The van der Waals surface area contributed by atoms with Crippen LogP contribution in [0, 0.1) is 0 Å². The largest absolute Gasteiger partial charge is 0.401 e. The first-order chi connectivity index (χ1) is 11.1. The summed E-state index contributed by atoms with van der Waals surface area (Å²) in [5.41, 5.74) is 0. The summed E-state index contributed by atoms with van der Waals surface area (Å²) in [4.78, 5) is 16.4. The summed E-state index contributed by atoms with van der Waals surface area (Å²) in [6, 6.07) is -0.0986. The van der Waals surface area contributed by atoms with Crippen LogP contribution in [0.15, 0.2) is 0 Å². The molecule has 0 unspecified atom stereocenters. The van der Waals surface area contributed by atoms with Crippen LogP contribution in [-0.4, -0.2) is 65.8 Å². The highest BCUT2D eigenvalue weighted by atomic mass is 19.4. The van der Waals surface area contributed by atoms with Gasteiger partial charge in [0.25, 0.3) is 0 Å². The van der Waals surface area contributed by atoms with Crippen LogP contribution in [0.5, 0.6) is 0 Å². The topological polar surface area (TPSA) is 57.2 Å². The lowest BCUT2D eigenvalue weighted by Gasteiger charge is -2.33. The smallest absolute Gasteiger partial charge is 0.350 e. The fourth-order valence-electron chi connectivity index (χ4n) is 2.66. The minimum atomic E-state index is -4.17. The van der Waals surface area contributed by atoms with Crippen molar-refractivity contribution in [3.05, 3.63) is 5.82 Å². The molecule has 0 amide bonds. The highest BCUT2D eigenvalue weighted by Gasteiger charge is 2.33. The molecule has 1 saturated heterocycles. The van der Waals surface area contributed by atoms with Crippen molar-refractivity contribution in [1.29, 1.82) is 0 Å². The van der Waals surface area contributed by atoms with Crippen molar-refractivity contribution < 1.29 is 13.2 Å². The second kappa shape index (κ2) is 7.50. The van der Waals surface area contributed by atoms with Crippen LogP contribution in [-0.2, 0) is 0 Å². The van der Waals surface area contributed by atoms with Crippen molar-refractivity contribution >= 4 is 11.9 Å². The quantitative estimate of drug-likeness (QED) is 0.884. The van der Waals surface area contributed by atoms with Crippen LogP contribution in [0.2, 0.25) is 0 Å². The fraction of sp³-hybridized carbons (Fsp3) is 0.800. The van der Waals surface area contributed by atoms with E-state index in [0.717, 1.165) is 12.8 Å². The van der Waals surface area contributed by atoms with E-state index in [2.05, 4.69) is 20.3 Å². The Kier molecular flexibility index (Phi) is 5.84. The summed E-state index contributed by atoms with van der Waals surface area (Å²) < 4.78 is 37.7. The van der Waals surface area contributed by atoms with Gasteiger partial charge in [-0.3, -0.25) is 4.90 Å². The van der Waals surface area contributed by atoms with Crippen molar-refractivity contribution in [2.45, 2.75) is 44.8 Å². The molecule has 2 rings (SSSR count). The van der Waals surface area contributed by atoms with Crippen molar-refractivity contribution in [3.8, 4) is 0 Å². The van der Waals surface area contributed by atoms with E-state index < -0.39 is 12.7 Å². The molecule has 1 aliphatic rings. The zero-order valence-electron chi connectivity index (χ0n) is 14.6. The SMILES string of the molecule is CC(C)c1nc(N[C@H]2CCCN(CC(F)(F)F)C2)nc(N(C)C)n1. The summed E-state index contributed by atoms with van der Waals surface area (Å²) in [6.45, 7) is 3.91. The first-order valence-electron chi connectivity index (χ1n) is 8.13. The molecule has 0 spiro atoms. The number of likely N-dealkylation sites (tertiary alicyclic amines) is 1. The predicted octanol–water partition coefficient (Wildman–Crippen LogP) is 2.50. The number of rotatable bonds is 5. The lowest BCUT2D eigenvalue weighted by atomic mass is 10.1. The maximum absolute atomic E-state index is 12.6. The summed E-state index contributed by atoms with van der Waals surface area (Å²) >= 11 is 0. The molecule has 136 valence electrons. The third-order valence-electron chi connectivity index (χ3n) is 3.80. The van der Waals surface area contributed by atoms with Crippen LogP contribution >= 0.6 is 0 Å². The number of alkyl halides is 3. The van der Waals surface area contributed by atoms with E-state index in [9.17, 15) is 13.2 Å². The number of nitrogens with zero attached hydrogens (tertiary/aromatic N) is 5. The van der Waals surface area contributed by atoms with Crippen LogP contribution in [0.3, 0.4) is 0 Å². The molecule has 1 aliphatic heterocycles. The third-order valence-corrected chi connectivity index (χ3v) is 3.80. The molecule has 1 fully saturated rings. The number of hydrogen-bond donors (Lipinski definition) is 1. The molecule has 1 aromatic rings. The van der Waals surface area contributed by atoms with Crippen LogP contribution < -0.4 is 10.2 Å². The van der Waals surface area contributed by atoms with E-state index in [1.807, 2.05) is 27.9 Å². The van der Waals surface area contributed by atoms with Crippen LogP contribution in [0.1, 0.15) is 38.4 Å². The molecule has 1 atom stereocenters. The molecular weight excluding hydrogens is 321 g/mol. The van der Waals surface area contributed by atoms with Crippen LogP contribution in [0.4, 0.5) is 25.1 Å². The lowest BCUT2D eigenvalue weighted by Crippen LogP contribution is -2.46. The molecular formula is C15H25F3N6. The molecule has 0 bridgehead atoms. The van der Waals surface area contributed by atoms with E-state index in [0.29, 0.717) is 30.8 Å². The normalized spacial score (nSPS) is 19.6. The Morgan fingerprint density at radius 2 is 1.96 bits per heavy atom. The summed E-state index contributed by atoms with van der Waals surface area (Å²) in [7, 11) is 3.68. The Morgan fingerprint density at radius 1 is 1.25 bits per heavy atom. The van der Waals surface area contributed by atoms with E-state index in [-0.39, 0.29) is 12.0 Å². The van der Waals surface area contributed by atoms with Gasteiger partial charge in [-0.2, -0.15) is 28.1 Å². The summed E-state index contributed by atoms with van der Waals surface area (Å²) in [5.74, 6) is 1.77. The lowest BCUT2D eigenvalue weighted by molar-refractivity contribution is -0.147. The van der Waals surface area contributed by atoms with E-state index >= 15 is 0 Å². The Bertz CT molecular complexity index is 520. The second-order valence-corrected chi connectivity index (χ2v) is 6.70. The maximum atomic E-state index is 12.6. The highest BCUT2D eigenvalue weighted by Crippen LogP contribution is 2.22. The van der Waals surface area contributed by atoms with Gasteiger partial charge in [-0.05, 0) is 19.4 Å². The second-order valence-electron chi connectivity index (χ2n) is 6.70. The Hall–Kier alpha value is -1.64. The summed E-state index contributed by atoms with van der Waals surface area (Å²) in [6.07, 6.45) is -2.65. The van der Waals surface area contributed by atoms with E-state index in [4.69, 9.17) is 0 Å². The van der Waals surface area contributed by atoms with Crippen molar-refractivity contribution in [1.82, 2.24) is 19.9 Å². The van der Waals surface area contributed by atoms with Gasteiger partial charge in [0, 0.05) is 32.6 Å². The van der Waals surface area contributed by atoms with Crippen LogP contribution in [0.25, 0.3) is 0 Å². The summed E-state index contributed by atoms with van der Waals surface area (Å²) in [5, 5.41) is 3.19. The van der Waals surface area contributed by atoms with Crippen molar-refractivity contribution in [2.24, 2.45) is 0 Å². The van der Waals surface area contributed by atoms with Gasteiger partial charge in [-0.15, -0.1) is 0 Å². The average molecular weight is 346 g/mol. The molecule has 1 aromatic heterocycles. The van der Waals surface area contributed by atoms with Gasteiger partial charge in [0.15, 0.2) is 0 Å². The van der Waals surface area contributed by atoms with Gasteiger partial charge in [-0.25, -0.2) is 0 Å².